The molecular formula is C23H25N3O4. The van der Waals surface area contributed by atoms with Gasteiger partial charge in [0.2, 0.25) is 17.7 Å². The molecule has 1 atom stereocenters. The number of ether oxygens (including phenoxy) is 1. The summed E-state index contributed by atoms with van der Waals surface area (Å²) in [6, 6.07) is 13.0. The Morgan fingerprint density at radius 1 is 1.03 bits per heavy atom. The van der Waals surface area contributed by atoms with E-state index in [4.69, 9.17) is 4.74 Å². The molecule has 1 saturated heterocycles. The van der Waals surface area contributed by atoms with Crippen molar-refractivity contribution in [2.24, 2.45) is 5.92 Å². The van der Waals surface area contributed by atoms with E-state index in [1.807, 2.05) is 6.07 Å². The SMILES string of the molecule is COCC(=O)Nc1ccc(NC(=O)C2CC(=O)N(c3ccc4c(c3)CCC4)C2)cc1. The fourth-order valence-corrected chi connectivity index (χ4v) is 4.07. The molecule has 1 aliphatic heterocycles. The summed E-state index contributed by atoms with van der Waals surface area (Å²) in [5.41, 5.74) is 4.79. The number of hydrogen-bond donors (Lipinski definition) is 2. The standard InChI is InChI=1S/C23H25N3O4/c1-30-14-21(27)24-18-6-8-19(9-7-18)25-23(29)17-12-22(28)26(13-17)20-10-5-15-3-2-4-16(15)11-20/h5-11,17H,2-4,12-14H2,1H3,(H,24,27)(H,25,29). The molecule has 2 aromatic carbocycles. The second-order valence-electron chi connectivity index (χ2n) is 7.76. The maximum atomic E-state index is 12.7. The van der Waals surface area contributed by atoms with E-state index in [0.717, 1.165) is 24.9 Å². The summed E-state index contributed by atoms with van der Waals surface area (Å²) in [7, 11) is 1.46. The maximum Gasteiger partial charge on any atom is 0.250 e. The molecule has 2 N–H and O–H groups in total. The topological polar surface area (TPSA) is 87.7 Å². The van der Waals surface area contributed by atoms with Crippen LogP contribution in [-0.4, -0.2) is 38.0 Å². The molecule has 1 unspecified atom stereocenters. The van der Waals surface area contributed by atoms with Gasteiger partial charge in [-0.15, -0.1) is 0 Å². The fraction of sp³-hybridized carbons (Fsp3) is 0.348. The number of fused-ring (bicyclic) bond motifs is 1. The van der Waals surface area contributed by atoms with Crippen molar-refractivity contribution >= 4 is 34.8 Å². The van der Waals surface area contributed by atoms with Crippen molar-refractivity contribution in [2.45, 2.75) is 25.7 Å². The molecule has 156 valence electrons. The molecule has 30 heavy (non-hydrogen) atoms. The predicted octanol–water partition coefficient (Wildman–Crippen LogP) is 2.75. The molecule has 1 heterocycles. The maximum absolute atomic E-state index is 12.7. The van der Waals surface area contributed by atoms with Gasteiger partial charge in [-0.2, -0.15) is 0 Å². The molecule has 0 bridgehead atoms. The minimum absolute atomic E-state index is 0.0189. The Morgan fingerprint density at radius 2 is 1.73 bits per heavy atom. The van der Waals surface area contributed by atoms with Crippen molar-refractivity contribution in [1.82, 2.24) is 0 Å². The van der Waals surface area contributed by atoms with Gasteiger partial charge in [-0.25, -0.2) is 0 Å². The van der Waals surface area contributed by atoms with Crippen molar-refractivity contribution in [2.75, 3.05) is 35.8 Å². The lowest BCUT2D eigenvalue weighted by Crippen LogP contribution is -2.28. The minimum atomic E-state index is -0.396. The van der Waals surface area contributed by atoms with E-state index in [9.17, 15) is 14.4 Å². The average molecular weight is 407 g/mol. The van der Waals surface area contributed by atoms with Crippen LogP contribution in [0.15, 0.2) is 42.5 Å². The highest BCUT2D eigenvalue weighted by Gasteiger charge is 2.35. The Bertz CT molecular complexity index is 971. The van der Waals surface area contributed by atoms with E-state index in [2.05, 4.69) is 22.8 Å². The number of benzene rings is 2. The second kappa shape index (κ2) is 8.67. The van der Waals surface area contributed by atoms with Crippen LogP contribution >= 0.6 is 0 Å². The lowest BCUT2D eigenvalue weighted by molar-refractivity contribution is -0.122. The molecule has 4 rings (SSSR count). The first-order chi connectivity index (χ1) is 14.5. The first kappa shape index (κ1) is 20.1. The zero-order valence-electron chi connectivity index (χ0n) is 16.9. The van der Waals surface area contributed by atoms with Crippen LogP contribution in [-0.2, 0) is 32.0 Å². The van der Waals surface area contributed by atoms with Gasteiger partial charge in [0, 0.05) is 37.1 Å². The summed E-state index contributed by atoms with van der Waals surface area (Å²) < 4.78 is 4.78. The quantitative estimate of drug-likeness (QED) is 0.771. The van der Waals surface area contributed by atoms with Crippen LogP contribution in [0.5, 0.6) is 0 Å². The van der Waals surface area contributed by atoms with Crippen LogP contribution in [0, 0.1) is 5.92 Å². The number of carbonyl (C=O) groups is 3. The van der Waals surface area contributed by atoms with Gasteiger partial charge in [-0.1, -0.05) is 6.07 Å². The van der Waals surface area contributed by atoms with Crippen LogP contribution in [0.3, 0.4) is 0 Å². The van der Waals surface area contributed by atoms with Gasteiger partial charge in [0.15, 0.2) is 0 Å². The number of carbonyl (C=O) groups excluding carboxylic acids is 3. The Labute approximate surface area is 175 Å². The Kier molecular flexibility index (Phi) is 5.81. The van der Waals surface area contributed by atoms with Crippen molar-refractivity contribution in [3.8, 4) is 0 Å². The average Bonchev–Trinajstić information content (AvgIpc) is 3.35. The number of aryl methyl sites for hydroxylation is 2. The number of nitrogens with one attached hydrogen (secondary N) is 2. The summed E-state index contributed by atoms with van der Waals surface area (Å²) in [6.07, 6.45) is 3.52. The molecular weight excluding hydrogens is 382 g/mol. The van der Waals surface area contributed by atoms with Crippen molar-refractivity contribution in [1.29, 1.82) is 0 Å². The molecule has 7 heteroatoms. The smallest absolute Gasteiger partial charge is 0.250 e. The lowest BCUT2D eigenvalue weighted by atomic mass is 10.1. The normalized spacial score (nSPS) is 17.7. The molecule has 3 amide bonds. The van der Waals surface area contributed by atoms with Gasteiger partial charge in [-0.05, 0) is 66.8 Å². The number of nitrogens with zero attached hydrogens (tertiary/aromatic N) is 1. The van der Waals surface area contributed by atoms with Crippen molar-refractivity contribution in [3.05, 3.63) is 53.6 Å². The monoisotopic (exact) mass is 407 g/mol. The second-order valence-corrected chi connectivity index (χ2v) is 7.76. The zero-order valence-corrected chi connectivity index (χ0v) is 16.9. The summed E-state index contributed by atoms with van der Waals surface area (Å²) >= 11 is 0. The highest BCUT2D eigenvalue weighted by molar-refractivity contribution is 6.03. The summed E-state index contributed by atoms with van der Waals surface area (Å²) in [4.78, 5) is 38.5. The van der Waals surface area contributed by atoms with E-state index in [-0.39, 0.29) is 30.7 Å². The molecule has 7 nitrogen and oxygen atoms in total. The minimum Gasteiger partial charge on any atom is -0.375 e. The van der Waals surface area contributed by atoms with Gasteiger partial charge in [0.1, 0.15) is 6.61 Å². The van der Waals surface area contributed by atoms with Crippen molar-refractivity contribution in [3.63, 3.8) is 0 Å². The van der Waals surface area contributed by atoms with Crippen molar-refractivity contribution < 1.29 is 19.1 Å². The Balaban J connectivity index is 1.36. The van der Waals surface area contributed by atoms with Crippen LogP contribution < -0.4 is 15.5 Å². The van der Waals surface area contributed by atoms with E-state index in [1.165, 1.54) is 18.2 Å². The number of methoxy groups -OCH3 is 1. The number of anilines is 3. The van der Waals surface area contributed by atoms with Crippen LogP contribution in [0.4, 0.5) is 17.1 Å². The summed E-state index contributed by atoms with van der Waals surface area (Å²) in [5.74, 6) is -0.843. The van der Waals surface area contributed by atoms with Gasteiger partial charge >= 0.3 is 0 Å². The third kappa shape index (κ3) is 4.36. The third-order valence-corrected chi connectivity index (χ3v) is 5.60. The first-order valence-electron chi connectivity index (χ1n) is 10.2. The van der Waals surface area contributed by atoms with Gasteiger partial charge in [0.05, 0.1) is 5.92 Å². The lowest BCUT2D eigenvalue weighted by Gasteiger charge is -2.18. The van der Waals surface area contributed by atoms with E-state index < -0.39 is 5.92 Å². The number of hydrogen-bond acceptors (Lipinski definition) is 4. The first-order valence-corrected chi connectivity index (χ1v) is 10.2. The largest absolute Gasteiger partial charge is 0.375 e. The van der Waals surface area contributed by atoms with Gasteiger partial charge < -0.3 is 20.3 Å². The van der Waals surface area contributed by atoms with Gasteiger partial charge in [-0.3, -0.25) is 14.4 Å². The summed E-state index contributed by atoms with van der Waals surface area (Å²) in [5, 5.41) is 5.57. The Hall–Kier alpha value is -3.19. The third-order valence-electron chi connectivity index (χ3n) is 5.60. The van der Waals surface area contributed by atoms with Crippen LogP contribution in [0.1, 0.15) is 24.0 Å². The van der Waals surface area contributed by atoms with Crippen LogP contribution in [0.25, 0.3) is 0 Å². The Morgan fingerprint density at radius 3 is 2.47 bits per heavy atom. The fourth-order valence-electron chi connectivity index (χ4n) is 4.07. The molecule has 0 spiro atoms. The molecule has 2 aromatic rings. The number of rotatable bonds is 6. The predicted molar refractivity (Wildman–Crippen MR) is 115 cm³/mol. The summed E-state index contributed by atoms with van der Waals surface area (Å²) in [6.45, 7) is 0.365. The highest BCUT2D eigenvalue weighted by Crippen LogP contribution is 2.31. The molecule has 1 aliphatic carbocycles. The molecule has 1 fully saturated rings. The molecule has 0 saturated carbocycles. The molecule has 0 radical (unpaired) electrons. The molecule has 0 aromatic heterocycles. The van der Waals surface area contributed by atoms with E-state index in [0.29, 0.717) is 17.9 Å². The highest BCUT2D eigenvalue weighted by atomic mass is 16.5. The van der Waals surface area contributed by atoms with Gasteiger partial charge in [0.25, 0.3) is 0 Å². The van der Waals surface area contributed by atoms with E-state index >= 15 is 0 Å². The molecule has 2 aliphatic rings. The van der Waals surface area contributed by atoms with Crippen LogP contribution in [0.2, 0.25) is 0 Å². The number of amides is 3. The zero-order chi connectivity index (χ0) is 21.1. The van der Waals surface area contributed by atoms with E-state index in [1.54, 1.807) is 29.2 Å².